The van der Waals surface area contributed by atoms with Crippen LogP contribution in [0.2, 0.25) is 0 Å². The first-order chi connectivity index (χ1) is 13.0. The van der Waals surface area contributed by atoms with Crippen LogP contribution in [0, 0.1) is 0 Å². The number of thiophene rings is 1. The molecule has 0 unspecified atom stereocenters. The second-order valence-electron chi connectivity index (χ2n) is 7.74. The van der Waals surface area contributed by atoms with Crippen molar-refractivity contribution in [1.82, 2.24) is 5.43 Å². The Bertz CT molecular complexity index is 915. The minimum absolute atomic E-state index is 0.0891. The van der Waals surface area contributed by atoms with E-state index in [-0.39, 0.29) is 11.3 Å². The minimum Gasteiger partial charge on any atom is -0.347 e. The van der Waals surface area contributed by atoms with E-state index in [0.717, 1.165) is 23.4 Å². The van der Waals surface area contributed by atoms with Crippen LogP contribution in [0.15, 0.2) is 47.2 Å². The summed E-state index contributed by atoms with van der Waals surface area (Å²) in [5, 5.41) is 4.16. The highest BCUT2D eigenvalue weighted by Crippen LogP contribution is 2.46. The van der Waals surface area contributed by atoms with Crippen molar-refractivity contribution < 1.29 is 4.79 Å². The lowest BCUT2D eigenvalue weighted by Gasteiger charge is -2.23. The first-order valence-corrected chi connectivity index (χ1v) is 10.3. The molecule has 0 fully saturated rings. The van der Waals surface area contributed by atoms with Crippen molar-refractivity contribution in [3.05, 3.63) is 63.0 Å². The van der Waals surface area contributed by atoms with E-state index >= 15 is 0 Å². The van der Waals surface area contributed by atoms with Gasteiger partial charge in [0.25, 0.3) is 5.91 Å². The Morgan fingerprint density at radius 3 is 2.81 bits per heavy atom. The number of fused-ring (bicyclic) bond motifs is 2. The number of hydrogen-bond donors (Lipinski definition) is 1. The molecule has 27 heavy (non-hydrogen) atoms. The Hall–Kier alpha value is -2.40. The molecule has 1 amide bonds. The summed E-state index contributed by atoms with van der Waals surface area (Å²) in [6.07, 6.45) is 8.32. The van der Waals surface area contributed by atoms with Crippen molar-refractivity contribution in [3.63, 3.8) is 0 Å². The van der Waals surface area contributed by atoms with Gasteiger partial charge in [0, 0.05) is 34.9 Å². The monoisotopic (exact) mass is 379 g/mol. The van der Waals surface area contributed by atoms with Gasteiger partial charge in [0.2, 0.25) is 0 Å². The van der Waals surface area contributed by atoms with Gasteiger partial charge in [-0.3, -0.25) is 4.79 Å². The second kappa shape index (κ2) is 6.97. The van der Waals surface area contributed by atoms with Gasteiger partial charge in [-0.25, -0.2) is 5.43 Å². The molecule has 1 aromatic carbocycles. The lowest BCUT2D eigenvalue weighted by atomic mass is 9.84. The van der Waals surface area contributed by atoms with Crippen LogP contribution in [0.3, 0.4) is 0 Å². The number of hydrazone groups is 1. The predicted molar refractivity (Wildman–Crippen MR) is 113 cm³/mol. The third-order valence-electron chi connectivity index (χ3n) is 5.63. The molecule has 2 aromatic rings. The number of hydrogen-bond acceptors (Lipinski definition) is 4. The molecule has 1 aliphatic heterocycles. The Labute approximate surface area is 164 Å². The molecule has 0 spiro atoms. The quantitative estimate of drug-likeness (QED) is 0.623. The topological polar surface area (TPSA) is 44.7 Å². The summed E-state index contributed by atoms with van der Waals surface area (Å²) in [7, 11) is 2.07. The van der Waals surface area contributed by atoms with Crippen molar-refractivity contribution in [2.24, 2.45) is 5.10 Å². The summed E-state index contributed by atoms with van der Waals surface area (Å²) in [5.74, 6) is -0.119. The van der Waals surface area contributed by atoms with Gasteiger partial charge in [0.1, 0.15) is 0 Å². The highest BCUT2D eigenvalue weighted by atomic mass is 32.1. The van der Waals surface area contributed by atoms with E-state index in [1.807, 2.05) is 12.1 Å². The number of amides is 1. The molecule has 2 aliphatic rings. The smallest absolute Gasteiger partial charge is 0.281 e. The van der Waals surface area contributed by atoms with Crippen LogP contribution >= 0.6 is 11.3 Å². The molecule has 4 nitrogen and oxygen atoms in total. The predicted octanol–water partition coefficient (Wildman–Crippen LogP) is 4.65. The minimum atomic E-state index is -0.119. The molecule has 4 rings (SSSR count). The zero-order valence-corrected chi connectivity index (χ0v) is 16.9. The van der Waals surface area contributed by atoms with Gasteiger partial charge in [-0.2, -0.15) is 5.10 Å². The highest BCUT2D eigenvalue weighted by Gasteiger charge is 2.37. The standard InChI is InChI=1S/C22H25N3OS/c1-22(2)16-9-5-6-10-17(16)25(3)20(22)12-13-23-24-21(26)19-14-15-8-4-7-11-18(15)27-19/h5-6,9-10,12-14H,4,7-8,11H2,1-3H3,(H,24,26)/b20-12-,23-13-. The fraction of sp³-hybridized carbons (Fsp3) is 0.364. The van der Waals surface area contributed by atoms with E-state index in [9.17, 15) is 4.79 Å². The first kappa shape index (κ1) is 18.0. The Kier molecular flexibility index (Phi) is 4.64. The molecule has 1 N–H and O–H groups in total. The van der Waals surface area contributed by atoms with Crippen LogP contribution in [0.1, 0.15) is 52.4 Å². The number of allylic oxidation sites excluding steroid dienone is 2. The van der Waals surface area contributed by atoms with Crippen LogP contribution in [0.5, 0.6) is 0 Å². The molecule has 0 saturated heterocycles. The third kappa shape index (κ3) is 3.21. The van der Waals surface area contributed by atoms with Gasteiger partial charge in [0.05, 0.1) is 4.88 Å². The lowest BCUT2D eigenvalue weighted by molar-refractivity contribution is 0.0959. The van der Waals surface area contributed by atoms with Crippen molar-refractivity contribution in [1.29, 1.82) is 0 Å². The number of para-hydroxylation sites is 1. The second-order valence-corrected chi connectivity index (χ2v) is 8.88. The summed E-state index contributed by atoms with van der Waals surface area (Å²) in [4.78, 5) is 16.7. The average Bonchev–Trinajstić information content (AvgIpc) is 3.18. The number of nitrogens with one attached hydrogen (secondary N) is 1. The Morgan fingerprint density at radius 2 is 2.04 bits per heavy atom. The summed E-state index contributed by atoms with van der Waals surface area (Å²) >= 11 is 1.61. The van der Waals surface area contributed by atoms with Gasteiger partial charge in [-0.05, 0) is 55.0 Å². The number of likely N-dealkylation sites (N-methyl/N-ethyl adjacent to an activating group) is 1. The summed E-state index contributed by atoms with van der Waals surface area (Å²) in [6, 6.07) is 10.5. The van der Waals surface area contributed by atoms with Crippen LogP contribution in [-0.4, -0.2) is 19.2 Å². The number of carbonyl (C=O) groups is 1. The van der Waals surface area contributed by atoms with E-state index in [1.54, 1.807) is 17.6 Å². The number of carbonyl (C=O) groups excluding carboxylic acids is 1. The van der Waals surface area contributed by atoms with Crippen molar-refractivity contribution in [3.8, 4) is 0 Å². The maximum Gasteiger partial charge on any atom is 0.281 e. The first-order valence-electron chi connectivity index (χ1n) is 9.47. The summed E-state index contributed by atoms with van der Waals surface area (Å²) < 4.78 is 0. The van der Waals surface area contributed by atoms with Gasteiger partial charge < -0.3 is 4.90 Å². The van der Waals surface area contributed by atoms with Crippen LogP contribution < -0.4 is 10.3 Å². The number of aryl methyl sites for hydroxylation is 2. The van der Waals surface area contributed by atoms with E-state index in [2.05, 4.69) is 60.6 Å². The average molecular weight is 380 g/mol. The van der Waals surface area contributed by atoms with Gasteiger partial charge in [-0.1, -0.05) is 32.0 Å². The molecule has 5 heteroatoms. The number of anilines is 1. The fourth-order valence-electron chi connectivity index (χ4n) is 4.16. The van der Waals surface area contributed by atoms with Gasteiger partial charge in [0.15, 0.2) is 0 Å². The maximum atomic E-state index is 12.4. The van der Waals surface area contributed by atoms with Crippen LogP contribution in [-0.2, 0) is 18.3 Å². The molecular weight excluding hydrogens is 354 g/mol. The zero-order chi connectivity index (χ0) is 19.0. The van der Waals surface area contributed by atoms with Crippen molar-refractivity contribution in [2.75, 3.05) is 11.9 Å². The van der Waals surface area contributed by atoms with E-state index in [1.165, 1.54) is 34.5 Å². The lowest BCUT2D eigenvalue weighted by Crippen LogP contribution is -2.23. The van der Waals surface area contributed by atoms with E-state index in [4.69, 9.17) is 0 Å². The molecule has 2 heterocycles. The number of rotatable bonds is 3. The molecule has 140 valence electrons. The Balaban J connectivity index is 1.46. The van der Waals surface area contributed by atoms with Gasteiger partial charge >= 0.3 is 0 Å². The molecule has 0 saturated carbocycles. The van der Waals surface area contributed by atoms with E-state index < -0.39 is 0 Å². The highest BCUT2D eigenvalue weighted by molar-refractivity contribution is 7.14. The summed E-state index contributed by atoms with van der Waals surface area (Å²) in [5.41, 5.74) is 7.61. The molecular formula is C22H25N3OS. The molecule has 0 atom stereocenters. The van der Waals surface area contributed by atoms with Crippen molar-refractivity contribution in [2.45, 2.75) is 44.9 Å². The van der Waals surface area contributed by atoms with Crippen LogP contribution in [0.4, 0.5) is 5.69 Å². The largest absolute Gasteiger partial charge is 0.347 e. The zero-order valence-electron chi connectivity index (χ0n) is 16.1. The SMILES string of the molecule is CN1/C(=C\C=N/NC(=O)c2cc3c(s2)CCCC3)C(C)(C)c2ccccc21. The number of benzene rings is 1. The van der Waals surface area contributed by atoms with Gasteiger partial charge in [-0.15, -0.1) is 11.3 Å². The normalized spacial score (nSPS) is 19.4. The molecule has 0 radical (unpaired) electrons. The number of nitrogens with zero attached hydrogens (tertiary/aromatic N) is 2. The fourth-order valence-corrected chi connectivity index (χ4v) is 5.31. The van der Waals surface area contributed by atoms with E-state index in [0.29, 0.717) is 0 Å². The molecule has 1 aliphatic carbocycles. The summed E-state index contributed by atoms with van der Waals surface area (Å²) in [6.45, 7) is 4.42. The van der Waals surface area contributed by atoms with Crippen molar-refractivity contribution >= 4 is 29.1 Å². The van der Waals surface area contributed by atoms with Crippen LogP contribution in [0.25, 0.3) is 0 Å². The molecule has 0 bridgehead atoms. The maximum absolute atomic E-state index is 12.4. The molecule has 1 aromatic heterocycles. The Morgan fingerprint density at radius 1 is 1.26 bits per heavy atom. The third-order valence-corrected chi connectivity index (χ3v) is 6.87.